The maximum Gasteiger partial charge on any atom is 0.173 e. The van der Waals surface area contributed by atoms with Crippen LogP contribution in [0.25, 0.3) is 0 Å². The molecule has 0 bridgehead atoms. The van der Waals surface area contributed by atoms with E-state index < -0.39 is 0 Å². The molecule has 1 aromatic carbocycles. The number of para-hydroxylation sites is 1. The van der Waals surface area contributed by atoms with Crippen molar-refractivity contribution in [2.75, 3.05) is 38.0 Å². The first-order chi connectivity index (χ1) is 12.0. The monoisotopic (exact) mass is 376 g/mol. The molecule has 1 fully saturated rings. The zero-order chi connectivity index (χ0) is 17.8. The zero-order valence-electron chi connectivity index (χ0n) is 14.8. The van der Waals surface area contributed by atoms with Crippen molar-refractivity contribution in [1.29, 1.82) is 0 Å². The number of aryl methyl sites for hydroxylation is 2. The molecule has 4 nitrogen and oxygen atoms in total. The van der Waals surface area contributed by atoms with E-state index >= 15 is 0 Å². The number of aromatic nitrogens is 1. The van der Waals surface area contributed by atoms with E-state index in [0.717, 1.165) is 50.1 Å². The number of halogens is 1. The molecule has 0 spiro atoms. The third kappa shape index (κ3) is 4.54. The Balaban J connectivity index is 1.47. The maximum absolute atomic E-state index is 6.19. The Labute approximate surface area is 160 Å². The van der Waals surface area contributed by atoms with Crippen LogP contribution in [0.5, 0.6) is 0 Å². The summed E-state index contributed by atoms with van der Waals surface area (Å²) < 4.78 is 2.38. The van der Waals surface area contributed by atoms with Gasteiger partial charge in [0.05, 0.1) is 10.7 Å². The summed E-state index contributed by atoms with van der Waals surface area (Å²) in [4.78, 5) is 4.73. The van der Waals surface area contributed by atoms with Crippen LogP contribution in [-0.4, -0.2) is 52.2 Å². The molecule has 0 aliphatic carbocycles. The van der Waals surface area contributed by atoms with Gasteiger partial charge in [0, 0.05) is 50.7 Å². The van der Waals surface area contributed by atoms with Gasteiger partial charge in [-0.05, 0) is 50.3 Å². The number of thiocarbonyl (C=S) groups is 1. The number of hydrogen-bond donors (Lipinski definition) is 1. The van der Waals surface area contributed by atoms with Crippen molar-refractivity contribution < 1.29 is 0 Å². The fraction of sp³-hybridized carbons (Fsp3) is 0.421. The molecule has 6 heteroatoms. The molecule has 0 atom stereocenters. The van der Waals surface area contributed by atoms with Crippen LogP contribution in [0, 0.1) is 13.8 Å². The highest BCUT2D eigenvalue weighted by atomic mass is 35.5. The lowest BCUT2D eigenvalue weighted by molar-refractivity contribution is 0.178. The highest BCUT2D eigenvalue weighted by Gasteiger charge is 2.19. The second kappa shape index (κ2) is 8.21. The van der Waals surface area contributed by atoms with Crippen LogP contribution in [0.1, 0.15) is 11.4 Å². The van der Waals surface area contributed by atoms with Gasteiger partial charge in [0.2, 0.25) is 0 Å². The first-order valence-electron chi connectivity index (χ1n) is 8.70. The van der Waals surface area contributed by atoms with Crippen LogP contribution in [-0.2, 0) is 6.54 Å². The molecule has 2 heterocycles. The quantitative estimate of drug-likeness (QED) is 0.820. The van der Waals surface area contributed by atoms with E-state index in [-0.39, 0.29) is 0 Å². The van der Waals surface area contributed by atoms with Crippen molar-refractivity contribution in [3.63, 3.8) is 0 Å². The smallest absolute Gasteiger partial charge is 0.173 e. The van der Waals surface area contributed by atoms with E-state index in [1.807, 2.05) is 24.3 Å². The lowest BCUT2D eigenvalue weighted by atomic mass is 10.3. The Hall–Kier alpha value is -1.56. The maximum atomic E-state index is 6.19. The van der Waals surface area contributed by atoms with Gasteiger partial charge >= 0.3 is 0 Å². The second-order valence-corrected chi connectivity index (χ2v) is 7.30. The van der Waals surface area contributed by atoms with Crippen molar-refractivity contribution in [2.24, 2.45) is 0 Å². The number of nitrogens with zero attached hydrogens (tertiary/aromatic N) is 3. The summed E-state index contributed by atoms with van der Waals surface area (Å²) in [5, 5.41) is 4.72. The summed E-state index contributed by atoms with van der Waals surface area (Å²) in [7, 11) is 0. The molecule has 1 N–H and O–H groups in total. The molecule has 0 amide bonds. The van der Waals surface area contributed by atoms with Crippen LogP contribution in [0.3, 0.4) is 0 Å². The molecular formula is C19H25ClN4S. The van der Waals surface area contributed by atoms with E-state index in [4.69, 9.17) is 23.8 Å². The SMILES string of the molecule is Cc1ccc(C)n1CCN1CCN(C(=S)Nc2ccccc2Cl)CC1. The van der Waals surface area contributed by atoms with Crippen LogP contribution < -0.4 is 5.32 Å². The molecule has 1 aromatic heterocycles. The first-order valence-corrected chi connectivity index (χ1v) is 9.49. The number of benzene rings is 1. The summed E-state index contributed by atoms with van der Waals surface area (Å²) in [6.45, 7) is 10.4. The van der Waals surface area contributed by atoms with Crippen LogP contribution in [0.4, 0.5) is 5.69 Å². The van der Waals surface area contributed by atoms with Crippen molar-refractivity contribution in [3.8, 4) is 0 Å². The van der Waals surface area contributed by atoms with Crippen molar-refractivity contribution in [2.45, 2.75) is 20.4 Å². The number of anilines is 1. The fourth-order valence-corrected chi connectivity index (χ4v) is 3.70. The van der Waals surface area contributed by atoms with Gasteiger partial charge in [0.1, 0.15) is 0 Å². The van der Waals surface area contributed by atoms with Crippen LogP contribution in [0.15, 0.2) is 36.4 Å². The minimum Gasteiger partial charge on any atom is -0.348 e. The minimum atomic E-state index is 0.695. The van der Waals surface area contributed by atoms with E-state index in [0.29, 0.717) is 5.02 Å². The summed E-state index contributed by atoms with van der Waals surface area (Å²) in [6.07, 6.45) is 0. The molecule has 0 radical (unpaired) electrons. The second-order valence-electron chi connectivity index (χ2n) is 6.51. The van der Waals surface area contributed by atoms with Gasteiger partial charge in [-0.15, -0.1) is 0 Å². The normalized spacial score (nSPS) is 15.4. The highest BCUT2D eigenvalue weighted by Crippen LogP contribution is 2.21. The Morgan fingerprint density at radius 2 is 1.64 bits per heavy atom. The van der Waals surface area contributed by atoms with E-state index in [1.165, 1.54) is 11.4 Å². The van der Waals surface area contributed by atoms with Gasteiger partial charge in [0.25, 0.3) is 0 Å². The van der Waals surface area contributed by atoms with Gasteiger partial charge in [0.15, 0.2) is 5.11 Å². The largest absolute Gasteiger partial charge is 0.348 e. The summed E-state index contributed by atoms with van der Waals surface area (Å²) >= 11 is 11.7. The predicted molar refractivity (Wildman–Crippen MR) is 110 cm³/mol. The Morgan fingerprint density at radius 3 is 2.28 bits per heavy atom. The van der Waals surface area contributed by atoms with Crippen molar-refractivity contribution in [3.05, 3.63) is 52.8 Å². The molecule has 0 unspecified atom stereocenters. The zero-order valence-corrected chi connectivity index (χ0v) is 16.4. The first kappa shape index (κ1) is 18.2. The summed E-state index contributed by atoms with van der Waals surface area (Å²) in [5.41, 5.74) is 3.54. The highest BCUT2D eigenvalue weighted by molar-refractivity contribution is 7.80. The van der Waals surface area contributed by atoms with E-state index in [1.54, 1.807) is 0 Å². The third-order valence-electron chi connectivity index (χ3n) is 4.83. The molecule has 0 saturated carbocycles. The fourth-order valence-electron chi connectivity index (χ4n) is 3.22. The minimum absolute atomic E-state index is 0.695. The number of hydrogen-bond acceptors (Lipinski definition) is 2. The molecule has 3 rings (SSSR count). The average Bonchev–Trinajstić information content (AvgIpc) is 2.93. The average molecular weight is 377 g/mol. The molecule has 1 saturated heterocycles. The molecule has 134 valence electrons. The van der Waals surface area contributed by atoms with Gasteiger partial charge in [-0.3, -0.25) is 4.90 Å². The third-order valence-corrected chi connectivity index (χ3v) is 5.52. The lowest BCUT2D eigenvalue weighted by Crippen LogP contribution is -2.50. The Morgan fingerprint density at radius 1 is 1.00 bits per heavy atom. The Bertz CT molecular complexity index is 715. The molecule has 2 aromatic rings. The predicted octanol–water partition coefficient (Wildman–Crippen LogP) is 3.77. The van der Waals surface area contributed by atoms with Crippen LogP contribution in [0.2, 0.25) is 5.02 Å². The lowest BCUT2D eigenvalue weighted by Gasteiger charge is -2.36. The summed E-state index contributed by atoms with van der Waals surface area (Å²) in [6, 6.07) is 12.1. The van der Waals surface area contributed by atoms with Gasteiger partial charge < -0.3 is 14.8 Å². The van der Waals surface area contributed by atoms with E-state index in [9.17, 15) is 0 Å². The van der Waals surface area contributed by atoms with E-state index in [2.05, 4.69) is 45.7 Å². The van der Waals surface area contributed by atoms with Gasteiger partial charge in [-0.2, -0.15) is 0 Å². The molecule has 25 heavy (non-hydrogen) atoms. The van der Waals surface area contributed by atoms with Gasteiger partial charge in [-0.25, -0.2) is 0 Å². The standard InChI is InChI=1S/C19H25ClN4S/c1-15-7-8-16(2)24(15)14-11-22-9-12-23(13-10-22)19(25)21-18-6-4-3-5-17(18)20/h3-8H,9-14H2,1-2H3,(H,21,25). The van der Waals surface area contributed by atoms with Crippen LogP contribution >= 0.6 is 23.8 Å². The number of rotatable bonds is 4. The summed E-state index contributed by atoms with van der Waals surface area (Å²) in [5.74, 6) is 0. The Kier molecular flexibility index (Phi) is 5.99. The van der Waals surface area contributed by atoms with Crippen molar-refractivity contribution >= 4 is 34.6 Å². The van der Waals surface area contributed by atoms with Crippen molar-refractivity contribution in [1.82, 2.24) is 14.4 Å². The van der Waals surface area contributed by atoms with Gasteiger partial charge in [-0.1, -0.05) is 23.7 Å². The molecular weight excluding hydrogens is 352 g/mol. The number of piperazine rings is 1. The topological polar surface area (TPSA) is 23.4 Å². The molecule has 1 aliphatic rings. The molecule has 1 aliphatic heterocycles. The number of nitrogens with one attached hydrogen (secondary N) is 1.